The molecule has 1 amide bonds. The van der Waals surface area contributed by atoms with Crippen LogP contribution in [-0.2, 0) is 22.3 Å². The highest BCUT2D eigenvalue weighted by molar-refractivity contribution is 7.15. The lowest BCUT2D eigenvalue weighted by atomic mass is 9.88. The lowest BCUT2D eigenvalue weighted by molar-refractivity contribution is -0.143. The third-order valence-electron chi connectivity index (χ3n) is 7.85. The van der Waals surface area contributed by atoms with E-state index < -0.39 is 23.4 Å². The Kier molecular flexibility index (Phi) is 9.62. The number of hydrogen-bond donors (Lipinski definition) is 0. The van der Waals surface area contributed by atoms with Gasteiger partial charge in [-0.05, 0) is 74.9 Å². The summed E-state index contributed by atoms with van der Waals surface area (Å²) < 4.78 is 53.9. The molecule has 0 saturated carbocycles. The molecule has 8 nitrogen and oxygen atoms in total. The van der Waals surface area contributed by atoms with E-state index >= 15 is 0 Å². The molecule has 0 atom stereocenters. The number of nitrogens with zero attached hydrogens (tertiary/aromatic N) is 4. The summed E-state index contributed by atoms with van der Waals surface area (Å²) in [4.78, 5) is 32.5. The van der Waals surface area contributed by atoms with E-state index in [1.54, 1.807) is 12.1 Å². The maximum atomic E-state index is 14.1. The number of rotatable bonds is 9. The number of pyridine rings is 1. The SMILES string of the molecule is CCOC(=O)c1cnn(-c2cccc(-c3sc(C)cc3COc3ccc(C4CCN(C(=O)CC)CC4)cc3C)n2)c1C(F)(F)F. The largest absolute Gasteiger partial charge is 0.489 e. The Bertz CT molecular complexity index is 1690. The summed E-state index contributed by atoms with van der Waals surface area (Å²) >= 11 is 1.47. The standard InChI is InChI=1S/C33H35F3N4O4S/c1-5-29(41)39-14-12-22(13-15-39)23-10-11-27(20(3)16-23)44-19-24-17-21(4)45-30(24)26-8-7-9-28(38-26)40-31(33(34,35)36)25(18-37-40)32(42)43-6-2/h7-11,16-18,22H,5-6,12-15,19H2,1-4H3. The first kappa shape index (κ1) is 32.2. The lowest BCUT2D eigenvalue weighted by Gasteiger charge is -2.32. The van der Waals surface area contributed by atoms with Crippen molar-refractivity contribution < 1.29 is 32.2 Å². The normalized spacial score (nSPS) is 14.1. The molecule has 5 rings (SSSR count). The van der Waals surface area contributed by atoms with Gasteiger partial charge in [-0.3, -0.25) is 4.79 Å². The van der Waals surface area contributed by atoms with Crippen LogP contribution < -0.4 is 4.74 Å². The van der Waals surface area contributed by atoms with Crippen molar-refractivity contribution in [3.8, 4) is 22.1 Å². The number of benzene rings is 1. The molecular weight excluding hydrogens is 605 g/mol. The Morgan fingerprint density at radius 3 is 2.49 bits per heavy atom. The van der Waals surface area contributed by atoms with Crippen molar-refractivity contribution in [2.75, 3.05) is 19.7 Å². The van der Waals surface area contributed by atoms with Crippen LogP contribution in [0.25, 0.3) is 16.4 Å². The van der Waals surface area contributed by atoms with E-state index in [0.29, 0.717) is 22.7 Å². The van der Waals surface area contributed by atoms with Gasteiger partial charge in [-0.25, -0.2) is 14.5 Å². The number of halogens is 3. The molecule has 1 aliphatic rings. The number of esters is 1. The zero-order valence-electron chi connectivity index (χ0n) is 25.6. The number of carbonyl (C=O) groups excluding carboxylic acids is 2. The van der Waals surface area contributed by atoms with Gasteiger partial charge < -0.3 is 14.4 Å². The van der Waals surface area contributed by atoms with Gasteiger partial charge in [0.15, 0.2) is 11.5 Å². The maximum absolute atomic E-state index is 14.1. The summed E-state index contributed by atoms with van der Waals surface area (Å²) in [5, 5.41) is 3.86. The van der Waals surface area contributed by atoms with Crippen LogP contribution in [0.5, 0.6) is 5.75 Å². The van der Waals surface area contributed by atoms with Gasteiger partial charge in [0.1, 0.15) is 17.9 Å². The van der Waals surface area contributed by atoms with Crippen molar-refractivity contribution in [3.63, 3.8) is 0 Å². The van der Waals surface area contributed by atoms with Crippen molar-refractivity contribution in [1.29, 1.82) is 0 Å². The topological polar surface area (TPSA) is 86.5 Å². The molecule has 45 heavy (non-hydrogen) atoms. The van der Waals surface area contributed by atoms with Crippen molar-refractivity contribution in [3.05, 3.63) is 81.5 Å². The van der Waals surface area contributed by atoms with Crippen molar-refractivity contribution in [2.45, 2.75) is 65.7 Å². The fourth-order valence-corrected chi connectivity index (χ4v) is 6.63. The van der Waals surface area contributed by atoms with E-state index in [-0.39, 0.29) is 24.9 Å². The molecule has 0 radical (unpaired) electrons. The zero-order chi connectivity index (χ0) is 32.3. The third-order valence-corrected chi connectivity index (χ3v) is 8.97. The highest BCUT2D eigenvalue weighted by Gasteiger charge is 2.41. The first-order valence-electron chi connectivity index (χ1n) is 14.9. The highest BCUT2D eigenvalue weighted by Crippen LogP contribution is 2.37. The Hall–Kier alpha value is -4.19. The van der Waals surface area contributed by atoms with E-state index in [1.807, 2.05) is 37.8 Å². The van der Waals surface area contributed by atoms with Crippen molar-refractivity contribution in [1.82, 2.24) is 19.7 Å². The molecule has 3 aromatic heterocycles. The van der Waals surface area contributed by atoms with Crippen LogP contribution in [0.1, 0.15) is 76.6 Å². The first-order chi connectivity index (χ1) is 21.5. The Balaban J connectivity index is 1.35. The second kappa shape index (κ2) is 13.4. The van der Waals surface area contributed by atoms with Gasteiger partial charge in [0, 0.05) is 30.0 Å². The summed E-state index contributed by atoms with van der Waals surface area (Å²) in [6, 6.07) is 12.9. The molecule has 4 aromatic rings. The van der Waals surface area contributed by atoms with E-state index in [2.05, 4.69) is 22.2 Å². The molecule has 1 saturated heterocycles. The zero-order valence-corrected chi connectivity index (χ0v) is 26.4. The summed E-state index contributed by atoms with van der Waals surface area (Å²) in [5.41, 5.74) is 1.64. The predicted molar refractivity (Wildman–Crippen MR) is 165 cm³/mol. The molecule has 1 aromatic carbocycles. The molecule has 238 valence electrons. The monoisotopic (exact) mass is 640 g/mol. The number of likely N-dealkylation sites (tertiary alicyclic amines) is 1. The minimum absolute atomic E-state index is 0.0665. The van der Waals surface area contributed by atoms with E-state index in [9.17, 15) is 22.8 Å². The maximum Gasteiger partial charge on any atom is 0.434 e. The summed E-state index contributed by atoms with van der Waals surface area (Å²) in [6.07, 6.45) is -1.62. The number of piperidine rings is 1. The predicted octanol–water partition coefficient (Wildman–Crippen LogP) is 7.50. The molecule has 1 aliphatic heterocycles. The number of carbonyl (C=O) groups is 2. The van der Waals surface area contributed by atoms with Crippen molar-refractivity contribution >= 4 is 23.2 Å². The Morgan fingerprint density at radius 1 is 1.07 bits per heavy atom. The van der Waals surface area contributed by atoms with Crippen LogP contribution in [-0.4, -0.2) is 51.2 Å². The fourth-order valence-electron chi connectivity index (χ4n) is 5.64. The minimum Gasteiger partial charge on any atom is -0.489 e. The molecule has 0 aliphatic carbocycles. The average molecular weight is 641 g/mol. The van der Waals surface area contributed by atoms with E-state index in [4.69, 9.17) is 9.47 Å². The van der Waals surface area contributed by atoms with Gasteiger partial charge in [-0.15, -0.1) is 11.3 Å². The molecular formula is C33H35F3N4O4S. The van der Waals surface area contributed by atoms with Crippen LogP contribution in [0.15, 0.2) is 48.7 Å². The van der Waals surface area contributed by atoms with E-state index in [1.165, 1.54) is 29.9 Å². The van der Waals surface area contributed by atoms with E-state index in [0.717, 1.165) is 58.8 Å². The number of amides is 1. The molecule has 0 bridgehead atoms. The van der Waals surface area contributed by atoms with Gasteiger partial charge in [0.2, 0.25) is 5.91 Å². The molecule has 1 fully saturated rings. The van der Waals surface area contributed by atoms with Gasteiger partial charge in [-0.1, -0.05) is 25.1 Å². The van der Waals surface area contributed by atoms with Crippen LogP contribution in [0.2, 0.25) is 0 Å². The molecule has 4 heterocycles. The Morgan fingerprint density at radius 2 is 1.82 bits per heavy atom. The van der Waals surface area contributed by atoms with Crippen LogP contribution in [0.4, 0.5) is 13.2 Å². The quantitative estimate of drug-likeness (QED) is 0.176. The van der Waals surface area contributed by atoms with Crippen LogP contribution in [0.3, 0.4) is 0 Å². The molecule has 0 unspecified atom stereocenters. The first-order valence-corrected chi connectivity index (χ1v) is 15.7. The Labute approximate surface area is 263 Å². The van der Waals surface area contributed by atoms with Crippen LogP contribution >= 0.6 is 11.3 Å². The van der Waals surface area contributed by atoms with Crippen molar-refractivity contribution in [2.24, 2.45) is 0 Å². The number of ether oxygens (including phenoxy) is 2. The second-order valence-corrected chi connectivity index (χ2v) is 12.2. The van der Waals surface area contributed by atoms with Crippen LogP contribution in [0, 0.1) is 13.8 Å². The summed E-state index contributed by atoms with van der Waals surface area (Å²) in [6.45, 7) is 9.08. The van der Waals surface area contributed by atoms with Gasteiger partial charge in [-0.2, -0.15) is 18.3 Å². The third kappa shape index (κ3) is 7.06. The number of thiophene rings is 1. The summed E-state index contributed by atoms with van der Waals surface area (Å²) in [5.74, 6) is 0.159. The fraction of sp³-hybridized carbons (Fsp3) is 0.394. The van der Waals surface area contributed by atoms with Gasteiger partial charge >= 0.3 is 12.1 Å². The number of alkyl halides is 3. The number of aromatic nitrogens is 3. The average Bonchev–Trinajstić information content (AvgIpc) is 3.65. The van der Waals surface area contributed by atoms with Gasteiger partial charge in [0.25, 0.3) is 0 Å². The highest BCUT2D eigenvalue weighted by atomic mass is 32.1. The molecule has 12 heteroatoms. The number of aryl methyl sites for hydroxylation is 2. The lowest BCUT2D eigenvalue weighted by Crippen LogP contribution is -2.37. The molecule has 0 N–H and O–H groups in total. The minimum atomic E-state index is -4.87. The van der Waals surface area contributed by atoms with Gasteiger partial charge in [0.05, 0.1) is 23.4 Å². The smallest absolute Gasteiger partial charge is 0.434 e. The summed E-state index contributed by atoms with van der Waals surface area (Å²) in [7, 11) is 0. The number of hydrogen-bond acceptors (Lipinski definition) is 7. The second-order valence-electron chi connectivity index (χ2n) is 11.0. The molecule has 0 spiro atoms.